The van der Waals surface area contributed by atoms with Crippen LogP contribution in [-0.2, 0) is 6.61 Å². The molecule has 2 nitrogen and oxygen atoms in total. The first-order valence-electron chi connectivity index (χ1n) is 9.07. The highest BCUT2D eigenvalue weighted by Gasteiger charge is 2.08. The van der Waals surface area contributed by atoms with Crippen LogP contribution in [0, 0.1) is 5.82 Å². The number of halogens is 1. The molecule has 0 atom stereocenters. The van der Waals surface area contributed by atoms with Gasteiger partial charge in [0.05, 0.1) is 0 Å². The molecule has 0 heterocycles. The molecule has 0 aromatic heterocycles. The van der Waals surface area contributed by atoms with Gasteiger partial charge in [-0.15, -0.1) is 0 Å². The molecule has 4 aromatic carbocycles. The molecule has 0 saturated heterocycles. The summed E-state index contributed by atoms with van der Waals surface area (Å²) < 4.78 is 25.9. The van der Waals surface area contributed by atoms with E-state index in [1.807, 2.05) is 78.9 Å². The number of hydrogen-bond acceptors (Lipinski definition) is 2. The van der Waals surface area contributed by atoms with E-state index in [0.717, 1.165) is 22.4 Å². The van der Waals surface area contributed by atoms with Crippen LogP contribution in [-0.4, -0.2) is 0 Å². The first kappa shape index (κ1) is 17.8. The largest absolute Gasteiger partial charge is 0.489 e. The predicted molar refractivity (Wildman–Crippen MR) is 109 cm³/mol. The SMILES string of the molecule is Fc1cc(-c2ccccc2)ccc1Oc1ccc(OCc2ccccc2)cc1. The maximum absolute atomic E-state index is 14.5. The fourth-order valence-corrected chi connectivity index (χ4v) is 2.87. The van der Waals surface area contributed by atoms with Gasteiger partial charge in [0.2, 0.25) is 0 Å². The Morgan fingerprint density at radius 1 is 0.607 bits per heavy atom. The number of hydrogen-bond donors (Lipinski definition) is 0. The third-order valence-electron chi connectivity index (χ3n) is 4.34. The Bertz CT molecular complexity index is 1030. The Labute approximate surface area is 163 Å². The van der Waals surface area contributed by atoms with Crippen molar-refractivity contribution >= 4 is 0 Å². The van der Waals surface area contributed by atoms with Gasteiger partial charge >= 0.3 is 0 Å². The summed E-state index contributed by atoms with van der Waals surface area (Å²) in [6, 6.07) is 31.8. The smallest absolute Gasteiger partial charge is 0.166 e. The third kappa shape index (κ3) is 4.38. The summed E-state index contributed by atoms with van der Waals surface area (Å²) >= 11 is 0. The molecule has 0 aliphatic rings. The Morgan fingerprint density at radius 2 is 1.25 bits per heavy atom. The molecule has 0 amide bonds. The van der Waals surface area contributed by atoms with Gasteiger partial charge in [0.25, 0.3) is 0 Å². The minimum atomic E-state index is -0.397. The molecule has 0 bridgehead atoms. The quantitative estimate of drug-likeness (QED) is 0.369. The third-order valence-corrected chi connectivity index (χ3v) is 4.34. The van der Waals surface area contributed by atoms with Crippen LogP contribution in [0.25, 0.3) is 11.1 Å². The molecule has 0 N–H and O–H groups in total. The Morgan fingerprint density at radius 3 is 1.93 bits per heavy atom. The molecule has 0 saturated carbocycles. The summed E-state index contributed by atoms with van der Waals surface area (Å²) in [6.45, 7) is 0.497. The molecule has 4 rings (SSSR count). The topological polar surface area (TPSA) is 18.5 Å². The summed E-state index contributed by atoms with van der Waals surface area (Å²) in [4.78, 5) is 0. The van der Waals surface area contributed by atoms with E-state index in [0.29, 0.717) is 12.4 Å². The normalized spacial score (nSPS) is 10.5. The summed E-state index contributed by atoms with van der Waals surface area (Å²) in [7, 11) is 0. The molecule has 28 heavy (non-hydrogen) atoms. The van der Waals surface area contributed by atoms with Crippen molar-refractivity contribution in [3.05, 3.63) is 115 Å². The molecule has 0 unspecified atom stereocenters. The summed E-state index contributed by atoms with van der Waals surface area (Å²) in [6.07, 6.45) is 0. The molecule has 0 radical (unpaired) electrons. The number of rotatable bonds is 6. The van der Waals surface area contributed by atoms with Crippen LogP contribution in [0.4, 0.5) is 4.39 Å². The number of ether oxygens (including phenoxy) is 2. The van der Waals surface area contributed by atoms with Crippen LogP contribution in [0.2, 0.25) is 0 Å². The van der Waals surface area contributed by atoms with Gasteiger partial charge in [-0.05, 0) is 53.1 Å². The van der Waals surface area contributed by atoms with Gasteiger partial charge < -0.3 is 9.47 Å². The van der Waals surface area contributed by atoms with Crippen molar-refractivity contribution in [2.75, 3.05) is 0 Å². The number of benzene rings is 4. The van der Waals surface area contributed by atoms with Crippen LogP contribution >= 0.6 is 0 Å². The first-order chi connectivity index (χ1) is 13.8. The molecule has 4 aromatic rings. The summed E-state index contributed by atoms with van der Waals surface area (Å²) in [5.41, 5.74) is 2.88. The van der Waals surface area contributed by atoms with Gasteiger partial charge in [-0.25, -0.2) is 4.39 Å². The Hall–Kier alpha value is -3.59. The van der Waals surface area contributed by atoms with Crippen molar-refractivity contribution in [3.63, 3.8) is 0 Å². The second-order valence-corrected chi connectivity index (χ2v) is 6.36. The van der Waals surface area contributed by atoms with Crippen molar-refractivity contribution < 1.29 is 13.9 Å². The van der Waals surface area contributed by atoms with Crippen molar-refractivity contribution in [3.8, 4) is 28.4 Å². The van der Waals surface area contributed by atoms with Crippen LogP contribution in [0.3, 0.4) is 0 Å². The zero-order valence-electron chi connectivity index (χ0n) is 15.2. The van der Waals surface area contributed by atoms with E-state index < -0.39 is 5.82 Å². The van der Waals surface area contributed by atoms with Gasteiger partial charge in [0.15, 0.2) is 11.6 Å². The molecular formula is C25H19FO2. The molecule has 0 fully saturated rings. The van der Waals surface area contributed by atoms with E-state index in [4.69, 9.17) is 9.47 Å². The van der Waals surface area contributed by atoms with E-state index in [9.17, 15) is 4.39 Å². The molecular weight excluding hydrogens is 351 g/mol. The van der Waals surface area contributed by atoms with Gasteiger partial charge in [0.1, 0.15) is 18.1 Å². The molecule has 138 valence electrons. The highest BCUT2D eigenvalue weighted by Crippen LogP contribution is 2.30. The lowest BCUT2D eigenvalue weighted by atomic mass is 10.1. The minimum absolute atomic E-state index is 0.192. The Kier molecular flexibility index (Phi) is 5.34. The fourth-order valence-electron chi connectivity index (χ4n) is 2.87. The summed E-state index contributed by atoms with van der Waals surface area (Å²) in [5, 5.41) is 0. The minimum Gasteiger partial charge on any atom is -0.489 e. The maximum atomic E-state index is 14.5. The summed E-state index contributed by atoms with van der Waals surface area (Å²) in [5.74, 6) is 1.08. The second-order valence-electron chi connectivity index (χ2n) is 6.36. The molecule has 0 spiro atoms. The fraction of sp³-hybridized carbons (Fsp3) is 0.0400. The maximum Gasteiger partial charge on any atom is 0.166 e. The molecule has 0 aliphatic heterocycles. The van der Waals surface area contributed by atoms with Crippen LogP contribution in [0.1, 0.15) is 5.56 Å². The van der Waals surface area contributed by atoms with Gasteiger partial charge in [-0.1, -0.05) is 66.7 Å². The lowest BCUT2D eigenvalue weighted by Crippen LogP contribution is -1.95. The standard InChI is InChI=1S/C25H19FO2/c26-24-17-21(20-9-5-2-6-10-20)11-16-25(24)28-23-14-12-22(13-15-23)27-18-19-7-3-1-4-8-19/h1-17H,18H2. The second kappa shape index (κ2) is 8.40. The van der Waals surface area contributed by atoms with E-state index in [1.165, 1.54) is 6.07 Å². The van der Waals surface area contributed by atoms with Crippen molar-refractivity contribution in [2.45, 2.75) is 6.61 Å². The zero-order chi connectivity index (χ0) is 19.2. The van der Waals surface area contributed by atoms with E-state index in [1.54, 1.807) is 18.2 Å². The van der Waals surface area contributed by atoms with Gasteiger partial charge in [0, 0.05) is 0 Å². The highest BCUT2D eigenvalue weighted by molar-refractivity contribution is 5.64. The van der Waals surface area contributed by atoms with E-state index >= 15 is 0 Å². The van der Waals surface area contributed by atoms with Crippen LogP contribution < -0.4 is 9.47 Å². The van der Waals surface area contributed by atoms with Crippen molar-refractivity contribution in [1.82, 2.24) is 0 Å². The van der Waals surface area contributed by atoms with E-state index in [2.05, 4.69) is 0 Å². The van der Waals surface area contributed by atoms with Gasteiger partial charge in [-0.3, -0.25) is 0 Å². The average Bonchev–Trinajstić information content (AvgIpc) is 2.76. The van der Waals surface area contributed by atoms with Crippen LogP contribution in [0.15, 0.2) is 103 Å². The van der Waals surface area contributed by atoms with Crippen LogP contribution in [0.5, 0.6) is 17.2 Å². The zero-order valence-corrected chi connectivity index (χ0v) is 15.2. The predicted octanol–water partition coefficient (Wildman–Crippen LogP) is 6.86. The van der Waals surface area contributed by atoms with Crippen molar-refractivity contribution in [2.24, 2.45) is 0 Å². The molecule has 3 heteroatoms. The van der Waals surface area contributed by atoms with Crippen molar-refractivity contribution in [1.29, 1.82) is 0 Å². The lowest BCUT2D eigenvalue weighted by molar-refractivity contribution is 0.305. The monoisotopic (exact) mass is 370 g/mol. The Balaban J connectivity index is 1.41. The highest BCUT2D eigenvalue weighted by atomic mass is 19.1. The van der Waals surface area contributed by atoms with E-state index in [-0.39, 0.29) is 5.75 Å². The molecule has 0 aliphatic carbocycles. The lowest BCUT2D eigenvalue weighted by Gasteiger charge is -2.10. The van der Waals surface area contributed by atoms with Gasteiger partial charge in [-0.2, -0.15) is 0 Å². The average molecular weight is 370 g/mol. The first-order valence-corrected chi connectivity index (χ1v) is 9.07.